The Morgan fingerprint density at radius 3 is 3.07 bits per heavy atom. The van der Waals surface area contributed by atoms with Gasteiger partial charge in [-0.3, -0.25) is 0 Å². The molecule has 76 valence electrons. The van der Waals surface area contributed by atoms with Gasteiger partial charge in [-0.15, -0.1) is 0 Å². The van der Waals surface area contributed by atoms with Gasteiger partial charge in [0.1, 0.15) is 5.76 Å². The fourth-order valence-electron chi connectivity index (χ4n) is 0.905. The van der Waals surface area contributed by atoms with Crippen LogP contribution in [0.5, 0.6) is 0 Å². The van der Waals surface area contributed by atoms with Crippen molar-refractivity contribution in [1.29, 1.82) is 0 Å². The summed E-state index contributed by atoms with van der Waals surface area (Å²) in [5.41, 5.74) is 0.675. The molecule has 0 radical (unpaired) electrons. The van der Waals surface area contributed by atoms with E-state index in [1.54, 1.807) is 13.0 Å². The smallest absolute Gasteiger partial charge is 0.330 e. The van der Waals surface area contributed by atoms with Crippen LogP contribution < -0.4 is 0 Å². The zero-order chi connectivity index (χ0) is 10.4. The van der Waals surface area contributed by atoms with E-state index in [9.17, 15) is 4.79 Å². The normalized spacial score (nSPS) is 10.7. The van der Waals surface area contributed by atoms with Gasteiger partial charge in [-0.25, -0.2) is 4.79 Å². The van der Waals surface area contributed by atoms with E-state index < -0.39 is 5.97 Å². The van der Waals surface area contributed by atoms with Crippen molar-refractivity contribution in [3.63, 3.8) is 0 Å². The molecule has 0 unspecified atom stereocenters. The molecule has 0 fully saturated rings. The Bertz CT molecular complexity index is 325. The van der Waals surface area contributed by atoms with Crippen LogP contribution in [0, 0.1) is 0 Å². The number of carbonyl (C=O) groups excluding carboxylic acids is 1. The van der Waals surface area contributed by atoms with Gasteiger partial charge in [0.05, 0.1) is 19.5 Å². The summed E-state index contributed by atoms with van der Waals surface area (Å²) in [6.45, 7) is 2.02. The van der Waals surface area contributed by atoms with Gasteiger partial charge in [0, 0.05) is 11.6 Å². The van der Waals surface area contributed by atoms with Gasteiger partial charge < -0.3 is 14.3 Å². The van der Waals surface area contributed by atoms with Gasteiger partial charge >= 0.3 is 5.97 Å². The van der Waals surface area contributed by atoms with E-state index in [-0.39, 0.29) is 6.61 Å². The first-order chi connectivity index (χ1) is 6.76. The Morgan fingerprint density at radius 1 is 1.71 bits per heavy atom. The first-order valence-electron chi connectivity index (χ1n) is 4.29. The first-order valence-corrected chi connectivity index (χ1v) is 4.29. The summed E-state index contributed by atoms with van der Waals surface area (Å²) in [5.74, 6) is 0.108. The number of hydrogen-bond acceptors (Lipinski definition) is 4. The summed E-state index contributed by atoms with van der Waals surface area (Å²) >= 11 is 0. The second kappa shape index (κ2) is 5.24. The highest BCUT2D eigenvalue weighted by atomic mass is 16.5. The molecule has 0 saturated heterocycles. The molecule has 1 heterocycles. The van der Waals surface area contributed by atoms with E-state index in [0.717, 1.165) is 0 Å². The van der Waals surface area contributed by atoms with Crippen molar-refractivity contribution in [3.05, 3.63) is 29.7 Å². The molecule has 1 N–H and O–H groups in total. The van der Waals surface area contributed by atoms with Crippen molar-refractivity contribution in [2.45, 2.75) is 13.5 Å². The number of esters is 1. The van der Waals surface area contributed by atoms with Crippen LogP contribution in [-0.2, 0) is 16.1 Å². The quantitative estimate of drug-likeness (QED) is 0.583. The first kappa shape index (κ1) is 10.5. The lowest BCUT2D eigenvalue weighted by atomic mass is 10.3. The van der Waals surface area contributed by atoms with Crippen LogP contribution in [0.25, 0.3) is 6.08 Å². The number of carbonyl (C=O) groups is 1. The molecule has 1 aromatic rings. The maximum absolute atomic E-state index is 10.9. The summed E-state index contributed by atoms with van der Waals surface area (Å²) in [6, 6.07) is 1.65. The molecule has 14 heavy (non-hydrogen) atoms. The van der Waals surface area contributed by atoms with Crippen LogP contribution in [-0.4, -0.2) is 17.7 Å². The van der Waals surface area contributed by atoms with E-state index in [4.69, 9.17) is 9.52 Å². The number of rotatable bonds is 4. The predicted molar refractivity (Wildman–Crippen MR) is 50.3 cm³/mol. The molecule has 1 aromatic heterocycles. The topological polar surface area (TPSA) is 59.7 Å². The molecule has 0 aliphatic carbocycles. The molecule has 0 aliphatic heterocycles. The van der Waals surface area contributed by atoms with Crippen molar-refractivity contribution >= 4 is 12.0 Å². The Kier molecular flexibility index (Phi) is 3.94. The van der Waals surface area contributed by atoms with Gasteiger partial charge in [-0.05, 0) is 19.1 Å². The molecule has 4 heteroatoms. The number of aliphatic hydroxyl groups excluding tert-OH is 1. The van der Waals surface area contributed by atoms with E-state index in [0.29, 0.717) is 17.9 Å². The van der Waals surface area contributed by atoms with Gasteiger partial charge in [0.15, 0.2) is 0 Å². The highest BCUT2D eigenvalue weighted by Crippen LogP contribution is 2.09. The van der Waals surface area contributed by atoms with Gasteiger partial charge in [0.25, 0.3) is 0 Å². The van der Waals surface area contributed by atoms with Gasteiger partial charge in [-0.1, -0.05) is 0 Å². The van der Waals surface area contributed by atoms with Gasteiger partial charge in [0.2, 0.25) is 0 Å². The Balaban J connectivity index is 2.55. The van der Waals surface area contributed by atoms with Crippen molar-refractivity contribution in [2.75, 3.05) is 6.61 Å². The molecule has 0 spiro atoms. The van der Waals surface area contributed by atoms with E-state index in [1.807, 2.05) is 0 Å². The Hall–Kier alpha value is -1.55. The standard InChI is InChI=1S/C10H12O4/c1-2-13-10(12)4-3-9-5-8(6-11)7-14-9/h3-5,7,11H,2,6H2,1H3. The van der Waals surface area contributed by atoms with Gasteiger partial charge in [-0.2, -0.15) is 0 Å². The lowest BCUT2D eigenvalue weighted by Gasteiger charge is -1.92. The fourth-order valence-corrected chi connectivity index (χ4v) is 0.905. The predicted octanol–water partition coefficient (Wildman–Crippen LogP) is 1.35. The summed E-state index contributed by atoms with van der Waals surface area (Å²) in [5, 5.41) is 8.74. The van der Waals surface area contributed by atoms with Crippen LogP contribution in [0.2, 0.25) is 0 Å². The number of furan rings is 1. The second-order valence-electron chi connectivity index (χ2n) is 2.60. The molecule has 0 saturated carbocycles. The highest BCUT2D eigenvalue weighted by molar-refractivity contribution is 5.86. The minimum atomic E-state index is -0.408. The SMILES string of the molecule is CCOC(=O)C=Cc1cc(CO)co1. The van der Waals surface area contributed by atoms with Crippen LogP contribution in [0.15, 0.2) is 22.8 Å². The van der Waals surface area contributed by atoms with Crippen molar-refractivity contribution in [2.24, 2.45) is 0 Å². The molecule has 0 aromatic carbocycles. The third-order valence-corrected chi connectivity index (χ3v) is 1.53. The minimum Gasteiger partial charge on any atom is -0.465 e. The summed E-state index contributed by atoms with van der Waals surface area (Å²) in [6.07, 6.45) is 4.21. The Labute approximate surface area is 81.8 Å². The third-order valence-electron chi connectivity index (χ3n) is 1.53. The minimum absolute atomic E-state index is 0.0727. The van der Waals surface area contributed by atoms with E-state index in [1.165, 1.54) is 18.4 Å². The molecular weight excluding hydrogens is 184 g/mol. The monoisotopic (exact) mass is 196 g/mol. The highest BCUT2D eigenvalue weighted by Gasteiger charge is 1.98. The molecule has 1 rings (SSSR count). The number of aliphatic hydroxyl groups is 1. The van der Waals surface area contributed by atoms with Crippen LogP contribution in [0.4, 0.5) is 0 Å². The zero-order valence-corrected chi connectivity index (χ0v) is 7.90. The maximum atomic E-state index is 10.9. The molecule has 0 aliphatic rings. The van der Waals surface area contributed by atoms with Crippen molar-refractivity contribution < 1.29 is 19.1 Å². The molecule has 0 bridgehead atoms. The molecule has 0 amide bonds. The van der Waals surface area contributed by atoms with Crippen LogP contribution in [0.3, 0.4) is 0 Å². The molecular formula is C10H12O4. The molecule has 4 nitrogen and oxygen atoms in total. The summed E-state index contributed by atoms with van der Waals surface area (Å²) < 4.78 is 9.71. The second-order valence-corrected chi connectivity index (χ2v) is 2.60. The summed E-state index contributed by atoms with van der Waals surface area (Å²) in [4.78, 5) is 10.9. The fraction of sp³-hybridized carbons (Fsp3) is 0.300. The summed E-state index contributed by atoms with van der Waals surface area (Å²) in [7, 11) is 0. The van der Waals surface area contributed by atoms with Crippen LogP contribution >= 0.6 is 0 Å². The zero-order valence-electron chi connectivity index (χ0n) is 7.90. The van der Waals surface area contributed by atoms with E-state index >= 15 is 0 Å². The largest absolute Gasteiger partial charge is 0.465 e. The number of hydrogen-bond donors (Lipinski definition) is 1. The number of ether oxygens (including phenoxy) is 1. The third kappa shape index (κ3) is 3.06. The van der Waals surface area contributed by atoms with Crippen molar-refractivity contribution in [1.82, 2.24) is 0 Å². The average molecular weight is 196 g/mol. The molecule has 0 atom stereocenters. The Morgan fingerprint density at radius 2 is 2.50 bits per heavy atom. The van der Waals surface area contributed by atoms with Crippen molar-refractivity contribution in [3.8, 4) is 0 Å². The maximum Gasteiger partial charge on any atom is 0.330 e. The lowest BCUT2D eigenvalue weighted by Crippen LogP contribution is -1.98. The average Bonchev–Trinajstić information content (AvgIpc) is 2.63. The van der Waals surface area contributed by atoms with E-state index in [2.05, 4.69) is 4.74 Å². The lowest BCUT2D eigenvalue weighted by molar-refractivity contribution is -0.137. The van der Waals surface area contributed by atoms with Crippen LogP contribution in [0.1, 0.15) is 18.2 Å².